The van der Waals surface area contributed by atoms with E-state index in [2.05, 4.69) is 27.5 Å². The van der Waals surface area contributed by atoms with Crippen molar-refractivity contribution in [2.24, 2.45) is 5.73 Å². The van der Waals surface area contributed by atoms with Gasteiger partial charge in [-0.15, -0.1) is 0 Å². The smallest absolute Gasteiger partial charge is 0.105 e. The van der Waals surface area contributed by atoms with Crippen LogP contribution in [0.3, 0.4) is 0 Å². The molecule has 3 N–H and O–H groups in total. The predicted molar refractivity (Wildman–Crippen MR) is 81.5 cm³/mol. The Balaban J connectivity index is 2.56. The monoisotopic (exact) mass is 318 g/mol. The molecule has 0 radical (unpaired) electrons. The maximum absolute atomic E-state index is 5.58. The van der Waals surface area contributed by atoms with Crippen LogP contribution in [0.1, 0.15) is 12.0 Å². The van der Waals surface area contributed by atoms with Crippen molar-refractivity contribution >= 4 is 50.6 Å². The van der Waals surface area contributed by atoms with Crippen molar-refractivity contribution < 1.29 is 0 Å². The molecule has 2 nitrogen and oxygen atoms in total. The lowest BCUT2D eigenvalue weighted by Gasteiger charge is -2.08. The fourth-order valence-electron chi connectivity index (χ4n) is 1.27. The van der Waals surface area contributed by atoms with Gasteiger partial charge in [0.15, 0.2) is 0 Å². The van der Waals surface area contributed by atoms with Crippen LogP contribution in [0, 0.1) is 0 Å². The first-order chi connectivity index (χ1) is 7.65. The van der Waals surface area contributed by atoms with E-state index in [0.29, 0.717) is 4.99 Å². The van der Waals surface area contributed by atoms with Crippen molar-refractivity contribution in [1.82, 2.24) is 0 Å². The minimum Gasteiger partial charge on any atom is -0.389 e. The molecular formula is C11H15BrN2S2. The van der Waals surface area contributed by atoms with Gasteiger partial charge in [0.05, 0.1) is 0 Å². The lowest BCUT2D eigenvalue weighted by Crippen LogP contribution is -2.10. The number of halogens is 1. The first kappa shape index (κ1) is 13.8. The van der Waals surface area contributed by atoms with Gasteiger partial charge in [-0.05, 0) is 52.6 Å². The van der Waals surface area contributed by atoms with Crippen LogP contribution < -0.4 is 11.1 Å². The summed E-state index contributed by atoms with van der Waals surface area (Å²) in [4.78, 5) is 0.417. The van der Waals surface area contributed by atoms with Crippen LogP contribution in [0.25, 0.3) is 0 Å². The van der Waals surface area contributed by atoms with Crippen LogP contribution in [-0.2, 0) is 0 Å². The molecule has 0 aliphatic carbocycles. The third-order valence-electron chi connectivity index (χ3n) is 2.09. The average Bonchev–Trinajstić information content (AvgIpc) is 2.24. The second kappa shape index (κ2) is 7.14. The van der Waals surface area contributed by atoms with Gasteiger partial charge >= 0.3 is 0 Å². The lowest BCUT2D eigenvalue weighted by atomic mass is 10.2. The molecule has 1 aromatic rings. The third kappa shape index (κ3) is 4.31. The molecule has 0 heterocycles. The Kier molecular flexibility index (Phi) is 6.16. The van der Waals surface area contributed by atoms with Crippen molar-refractivity contribution in [3.8, 4) is 0 Å². The van der Waals surface area contributed by atoms with E-state index in [1.807, 2.05) is 30.0 Å². The first-order valence-electron chi connectivity index (χ1n) is 4.97. The minimum absolute atomic E-state index is 0.417. The van der Waals surface area contributed by atoms with Gasteiger partial charge in [-0.1, -0.05) is 12.2 Å². The first-order valence-corrected chi connectivity index (χ1v) is 7.57. The Labute approximate surface area is 114 Å². The highest BCUT2D eigenvalue weighted by molar-refractivity contribution is 9.10. The number of thioether (sulfide) groups is 1. The summed E-state index contributed by atoms with van der Waals surface area (Å²) in [5.41, 5.74) is 7.55. The molecule has 88 valence electrons. The Morgan fingerprint density at radius 3 is 2.88 bits per heavy atom. The van der Waals surface area contributed by atoms with E-state index in [4.69, 9.17) is 18.0 Å². The standard InChI is InChI=1S/C11H15BrN2S2/c1-16-6-2-5-14-8-3-4-9(11(13)15)10(12)7-8/h3-4,7,14H,2,5-6H2,1H3,(H2,13,15). The average molecular weight is 319 g/mol. The van der Waals surface area contributed by atoms with E-state index in [1.165, 1.54) is 5.75 Å². The normalized spacial score (nSPS) is 10.1. The summed E-state index contributed by atoms with van der Waals surface area (Å²) in [5.74, 6) is 1.18. The largest absolute Gasteiger partial charge is 0.389 e. The van der Waals surface area contributed by atoms with Crippen LogP contribution in [0.5, 0.6) is 0 Å². The number of nitrogens with two attached hydrogens (primary N) is 1. The van der Waals surface area contributed by atoms with Gasteiger partial charge < -0.3 is 11.1 Å². The third-order valence-corrected chi connectivity index (χ3v) is 3.66. The zero-order chi connectivity index (χ0) is 12.0. The minimum atomic E-state index is 0.417. The van der Waals surface area contributed by atoms with E-state index in [-0.39, 0.29) is 0 Å². The molecule has 0 aromatic heterocycles. The molecular weight excluding hydrogens is 304 g/mol. The van der Waals surface area contributed by atoms with E-state index < -0.39 is 0 Å². The maximum atomic E-state index is 5.58. The molecule has 0 bridgehead atoms. The summed E-state index contributed by atoms with van der Waals surface area (Å²) in [6.45, 7) is 0.986. The van der Waals surface area contributed by atoms with Crippen molar-refractivity contribution in [2.75, 3.05) is 23.9 Å². The fourth-order valence-corrected chi connectivity index (χ4v) is 2.61. The van der Waals surface area contributed by atoms with Crippen LogP contribution >= 0.6 is 39.9 Å². The highest BCUT2D eigenvalue weighted by Gasteiger charge is 2.03. The molecule has 0 aliphatic rings. The van der Waals surface area contributed by atoms with Crippen molar-refractivity contribution in [2.45, 2.75) is 6.42 Å². The summed E-state index contributed by atoms with van der Waals surface area (Å²) < 4.78 is 0.940. The molecule has 0 spiro atoms. The predicted octanol–water partition coefficient (Wildman–Crippen LogP) is 3.25. The quantitative estimate of drug-likeness (QED) is 0.623. The van der Waals surface area contributed by atoms with Gasteiger partial charge in [0, 0.05) is 22.3 Å². The molecule has 0 amide bonds. The van der Waals surface area contributed by atoms with Crippen LogP contribution in [0.2, 0.25) is 0 Å². The lowest BCUT2D eigenvalue weighted by molar-refractivity contribution is 0.993. The van der Waals surface area contributed by atoms with E-state index in [1.54, 1.807) is 0 Å². The molecule has 0 unspecified atom stereocenters. The highest BCUT2D eigenvalue weighted by Crippen LogP contribution is 2.21. The van der Waals surface area contributed by atoms with E-state index in [0.717, 1.165) is 28.7 Å². The number of anilines is 1. The summed E-state index contributed by atoms with van der Waals surface area (Å²) in [6.07, 6.45) is 3.28. The Hall–Kier alpha value is -0.260. The molecule has 0 aliphatic heterocycles. The SMILES string of the molecule is CSCCCNc1ccc(C(N)=S)c(Br)c1. The molecule has 16 heavy (non-hydrogen) atoms. The Bertz CT molecular complexity index is 369. The number of hydrogen-bond donors (Lipinski definition) is 2. The molecule has 0 fully saturated rings. The van der Waals surface area contributed by atoms with Gasteiger partial charge in [0.2, 0.25) is 0 Å². The second-order valence-corrected chi connectivity index (χ2v) is 5.61. The topological polar surface area (TPSA) is 38.0 Å². The zero-order valence-electron chi connectivity index (χ0n) is 9.13. The van der Waals surface area contributed by atoms with E-state index in [9.17, 15) is 0 Å². The fraction of sp³-hybridized carbons (Fsp3) is 0.364. The number of benzene rings is 1. The summed E-state index contributed by atoms with van der Waals surface area (Å²) in [5, 5.41) is 3.36. The van der Waals surface area contributed by atoms with Gasteiger partial charge in [-0.25, -0.2) is 0 Å². The molecule has 1 rings (SSSR count). The van der Waals surface area contributed by atoms with Crippen molar-refractivity contribution in [3.63, 3.8) is 0 Å². The van der Waals surface area contributed by atoms with Crippen molar-refractivity contribution in [1.29, 1.82) is 0 Å². The van der Waals surface area contributed by atoms with Gasteiger partial charge in [-0.3, -0.25) is 0 Å². The second-order valence-electron chi connectivity index (χ2n) is 3.33. The Morgan fingerprint density at radius 1 is 1.56 bits per heavy atom. The zero-order valence-corrected chi connectivity index (χ0v) is 12.3. The summed E-state index contributed by atoms with van der Waals surface area (Å²) in [6, 6.07) is 5.94. The summed E-state index contributed by atoms with van der Waals surface area (Å²) >= 11 is 10.3. The van der Waals surface area contributed by atoms with Crippen LogP contribution in [0.4, 0.5) is 5.69 Å². The molecule has 5 heteroatoms. The molecule has 1 aromatic carbocycles. The number of nitrogens with one attached hydrogen (secondary N) is 1. The van der Waals surface area contributed by atoms with Gasteiger partial charge in [0.25, 0.3) is 0 Å². The molecule has 0 atom stereocenters. The maximum Gasteiger partial charge on any atom is 0.105 e. The van der Waals surface area contributed by atoms with E-state index >= 15 is 0 Å². The van der Waals surface area contributed by atoms with Crippen molar-refractivity contribution in [3.05, 3.63) is 28.2 Å². The highest BCUT2D eigenvalue weighted by atomic mass is 79.9. The Morgan fingerprint density at radius 2 is 2.31 bits per heavy atom. The van der Waals surface area contributed by atoms with Gasteiger partial charge in [-0.2, -0.15) is 11.8 Å². The van der Waals surface area contributed by atoms with Crippen LogP contribution in [-0.4, -0.2) is 23.5 Å². The number of rotatable bonds is 6. The van der Waals surface area contributed by atoms with Crippen LogP contribution in [0.15, 0.2) is 22.7 Å². The van der Waals surface area contributed by atoms with Gasteiger partial charge in [0.1, 0.15) is 4.99 Å². The summed E-state index contributed by atoms with van der Waals surface area (Å²) in [7, 11) is 0. The number of hydrogen-bond acceptors (Lipinski definition) is 3. The number of thiocarbonyl (C=S) groups is 1. The molecule has 0 saturated heterocycles. The molecule has 0 saturated carbocycles.